The number of hydrogen-bond donors (Lipinski definition) is 1. The Balaban J connectivity index is 2.22. The summed E-state index contributed by atoms with van der Waals surface area (Å²) >= 11 is 5.85. The maximum atomic E-state index is 9.09. The summed E-state index contributed by atoms with van der Waals surface area (Å²) in [6.45, 7) is 2.64. The van der Waals surface area contributed by atoms with Crippen LogP contribution in [-0.2, 0) is 0 Å². The molecule has 1 N–H and O–H groups in total. The Morgan fingerprint density at radius 3 is 2.75 bits per heavy atom. The summed E-state index contributed by atoms with van der Waals surface area (Å²) in [6.07, 6.45) is 3.59. The van der Waals surface area contributed by atoms with E-state index in [1.165, 1.54) is 19.3 Å². The highest BCUT2D eigenvalue weighted by molar-refractivity contribution is 6.28. The Hall–Kier alpha value is -0.870. The second-order valence-electron chi connectivity index (χ2n) is 4.14. The van der Waals surface area contributed by atoms with Crippen molar-refractivity contribution in [2.45, 2.75) is 32.2 Å². The lowest BCUT2D eigenvalue weighted by atomic mass is 9.91. The molecule has 0 unspecified atom stereocenters. The number of anilines is 1. The largest absolute Gasteiger partial charge is 0.395 e. The number of aliphatic hydroxyl groups excluding tert-OH is 1. The number of halogens is 1. The van der Waals surface area contributed by atoms with Crippen LogP contribution in [0.3, 0.4) is 0 Å². The zero-order valence-electron chi connectivity index (χ0n) is 9.36. The van der Waals surface area contributed by atoms with Gasteiger partial charge in [0.25, 0.3) is 0 Å². The number of aromatic nitrogens is 2. The first-order valence-corrected chi connectivity index (χ1v) is 5.97. The lowest BCUT2D eigenvalue weighted by Crippen LogP contribution is -2.42. The molecule has 0 amide bonds. The molecule has 0 aromatic carbocycles. The molecule has 1 heterocycles. The SMILES string of the molecule is Cc1cc(N(CCO)C2CCC2)nc(Cl)n1. The average molecular weight is 242 g/mol. The summed E-state index contributed by atoms with van der Waals surface area (Å²) in [7, 11) is 0. The van der Waals surface area contributed by atoms with E-state index < -0.39 is 0 Å². The van der Waals surface area contributed by atoms with Crippen molar-refractivity contribution >= 4 is 17.4 Å². The van der Waals surface area contributed by atoms with Crippen molar-refractivity contribution in [3.8, 4) is 0 Å². The lowest BCUT2D eigenvalue weighted by molar-refractivity contribution is 0.283. The van der Waals surface area contributed by atoms with Crippen molar-refractivity contribution in [1.29, 1.82) is 0 Å². The van der Waals surface area contributed by atoms with Gasteiger partial charge >= 0.3 is 0 Å². The fourth-order valence-corrected chi connectivity index (χ4v) is 2.17. The summed E-state index contributed by atoms with van der Waals surface area (Å²) in [5.74, 6) is 0.830. The highest BCUT2D eigenvalue weighted by Gasteiger charge is 2.25. The lowest BCUT2D eigenvalue weighted by Gasteiger charge is -2.38. The van der Waals surface area contributed by atoms with Crippen molar-refractivity contribution < 1.29 is 5.11 Å². The van der Waals surface area contributed by atoms with Crippen LogP contribution in [0.1, 0.15) is 25.0 Å². The predicted octanol–water partition coefficient (Wildman–Crippen LogP) is 1.79. The first-order valence-electron chi connectivity index (χ1n) is 5.59. The van der Waals surface area contributed by atoms with Crippen molar-refractivity contribution in [3.63, 3.8) is 0 Å². The van der Waals surface area contributed by atoms with E-state index in [2.05, 4.69) is 14.9 Å². The Kier molecular flexibility index (Phi) is 3.61. The maximum Gasteiger partial charge on any atom is 0.224 e. The number of aliphatic hydroxyl groups is 1. The zero-order chi connectivity index (χ0) is 11.5. The summed E-state index contributed by atoms with van der Waals surface area (Å²) in [5, 5.41) is 9.36. The Bertz CT molecular complexity index is 348. The van der Waals surface area contributed by atoms with E-state index in [0.29, 0.717) is 12.6 Å². The molecule has 4 nitrogen and oxygen atoms in total. The third-order valence-electron chi connectivity index (χ3n) is 2.96. The summed E-state index contributed by atoms with van der Waals surface area (Å²) in [5.41, 5.74) is 0.859. The van der Waals surface area contributed by atoms with Gasteiger partial charge in [-0.2, -0.15) is 0 Å². The van der Waals surface area contributed by atoms with Crippen LogP contribution in [0.4, 0.5) is 5.82 Å². The van der Waals surface area contributed by atoms with Crippen LogP contribution in [0, 0.1) is 6.92 Å². The molecule has 2 rings (SSSR count). The van der Waals surface area contributed by atoms with Gasteiger partial charge in [0.05, 0.1) is 6.61 Å². The molecular weight excluding hydrogens is 226 g/mol. The highest BCUT2D eigenvalue weighted by atomic mass is 35.5. The number of rotatable bonds is 4. The second kappa shape index (κ2) is 4.97. The summed E-state index contributed by atoms with van der Waals surface area (Å²) in [4.78, 5) is 10.4. The van der Waals surface area contributed by atoms with Crippen LogP contribution in [0.15, 0.2) is 6.07 Å². The van der Waals surface area contributed by atoms with Gasteiger partial charge in [0.15, 0.2) is 0 Å². The van der Waals surface area contributed by atoms with Gasteiger partial charge in [0.1, 0.15) is 5.82 Å². The molecule has 0 bridgehead atoms. The van der Waals surface area contributed by atoms with E-state index in [0.717, 1.165) is 11.5 Å². The molecule has 16 heavy (non-hydrogen) atoms. The van der Waals surface area contributed by atoms with E-state index in [9.17, 15) is 0 Å². The maximum absolute atomic E-state index is 9.09. The molecule has 1 saturated carbocycles. The van der Waals surface area contributed by atoms with E-state index >= 15 is 0 Å². The van der Waals surface area contributed by atoms with Crippen LogP contribution < -0.4 is 4.90 Å². The fourth-order valence-electron chi connectivity index (χ4n) is 1.95. The second-order valence-corrected chi connectivity index (χ2v) is 4.48. The smallest absolute Gasteiger partial charge is 0.224 e. The molecule has 88 valence electrons. The molecule has 1 aliphatic rings. The third kappa shape index (κ3) is 2.44. The molecule has 0 spiro atoms. The van der Waals surface area contributed by atoms with E-state index in [1.54, 1.807) is 0 Å². The molecule has 5 heteroatoms. The molecule has 0 aliphatic heterocycles. The van der Waals surface area contributed by atoms with Gasteiger partial charge in [0.2, 0.25) is 5.28 Å². The molecular formula is C11H16ClN3O. The topological polar surface area (TPSA) is 49.2 Å². The van der Waals surface area contributed by atoms with E-state index in [4.69, 9.17) is 16.7 Å². The minimum absolute atomic E-state index is 0.136. The third-order valence-corrected chi connectivity index (χ3v) is 3.13. The zero-order valence-corrected chi connectivity index (χ0v) is 10.1. The molecule has 0 atom stereocenters. The molecule has 0 radical (unpaired) electrons. The van der Waals surface area contributed by atoms with Gasteiger partial charge in [-0.15, -0.1) is 0 Å². The van der Waals surface area contributed by atoms with Crippen molar-refractivity contribution in [1.82, 2.24) is 9.97 Å². The van der Waals surface area contributed by atoms with Gasteiger partial charge < -0.3 is 10.0 Å². The number of aryl methyl sites for hydroxylation is 1. The van der Waals surface area contributed by atoms with Crippen LogP contribution in [0.5, 0.6) is 0 Å². The number of nitrogens with zero attached hydrogens (tertiary/aromatic N) is 3. The van der Waals surface area contributed by atoms with E-state index in [-0.39, 0.29) is 11.9 Å². The predicted molar refractivity (Wildman–Crippen MR) is 63.8 cm³/mol. The minimum Gasteiger partial charge on any atom is -0.395 e. The normalized spacial score (nSPS) is 15.9. The van der Waals surface area contributed by atoms with Gasteiger partial charge in [-0.3, -0.25) is 0 Å². The van der Waals surface area contributed by atoms with Crippen LogP contribution in [-0.4, -0.2) is 34.3 Å². The standard InChI is InChI=1S/C11H16ClN3O/c1-8-7-10(14-11(12)13-8)15(5-6-16)9-3-2-4-9/h7,9,16H,2-6H2,1H3. The van der Waals surface area contributed by atoms with Crippen molar-refractivity contribution in [2.24, 2.45) is 0 Å². The van der Waals surface area contributed by atoms with Crippen LogP contribution >= 0.6 is 11.6 Å². The molecule has 1 aromatic heterocycles. The molecule has 1 fully saturated rings. The number of hydrogen-bond acceptors (Lipinski definition) is 4. The van der Waals surface area contributed by atoms with Crippen molar-refractivity contribution in [3.05, 3.63) is 17.0 Å². The molecule has 0 saturated heterocycles. The Labute approximate surface area is 100 Å². The van der Waals surface area contributed by atoms with Crippen molar-refractivity contribution in [2.75, 3.05) is 18.1 Å². The van der Waals surface area contributed by atoms with Gasteiger partial charge in [-0.1, -0.05) is 0 Å². The van der Waals surface area contributed by atoms with Gasteiger partial charge in [-0.25, -0.2) is 9.97 Å². The van der Waals surface area contributed by atoms with Gasteiger partial charge in [0, 0.05) is 24.3 Å². The van der Waals surface area contributed by atoms with Crippen LogP contribution in [0.2, 0.25) is 5.28 Å². The highest BCUT2D eigenvalue weighted by Crippen LogP contribution is 2.28. The minimum atomic E-state index is 0.136. The Morgan fingerprint density at radius 2 is 2.25 bits per heavy atom. The van der Waals surface area contributed by atoms with Gasteiger partial charge in [-0.05, 0) is 37.8 Å². The average Bonchev–Trinajstić information content (AvgIpc) is 2.12. The quantitative estimate of drug-likeness (QED) is 0.817. The Morgan fingerprint density at radius 1 is 1.50 bits per heavy atom. The summed E-state index contributed by atoms with van der Waals surface area (Å²) in [6, 6.07) is 2.41. The molecule has 1 aromatic rings. The van der Waals surface area contributed by atoms with Crippen LogP contribution in [0.25, 0.3) is 0 Å². The fraction of sp³-hybridized carbons (Fsp3) is 0.636. The first kappa shape index (κ1) is 11.6. The summed E-state index contributed by atoms with van der Waals surface area (Å²) < 4.78 is 0. The monoisotopic (exact) mass is 241 g/mol. The molecule has 1 aliphatic carbocycles. The first-order chi connectivity index (χ1) is 7.70. The van der Waals surface area contributed by atoms with E-state index in [1.807, 2.05) is 13.0 Å².